The molecule has 1 atom stereocenters. The van der Waals surface area contributed by atoms with Crippen LogP contribution in [0.4, 0.5) is 5.82 Å². The first-order valence-corrected chi connectivity index (χ1v) is 5.60. The number of aromatic amines is 1. The van der Waals surface area contributed by atoms with E-state index in [0.29, 0.717) is 10.3 Å². The van der Waals surface area contributed by atoms with Gasteiger partial charge in [0.25, 0.3) is 5.56 Å². The molecule has 0 aromatic carbocycles. The van der Waals surface area contributed by atoms with Crippen molar-refractivity contribution in [2.24, 2.45) is 5.92 Å². The fourth-order valence-corrected chi connectivity index (χ4v) is 2.24. The molecule has 1 aromatic heterocycles. The summed E-state index contributed by atoms with van der Waals surface area (Å²) in [6.07, 6.45) is 2.34. The van der Waals surface area contributed by atoms with Crippen LogP contribution in [0.15, 0.2) is 15.6 Å². The number of nitrogens with one attached hydrogen (secondary N) is 1. The highest BCUT2D eigenvalue weighted by molar-refractivity contribution is 9.10. The minimum atomic E-state index is -0.174. The van der Waals surface area contributed by atoms with E-state index in [4.69, 9.17) is 5.11 Å². The molecule has 82 valence electrons. The van der Waals surface area contributed by atoms with E-state index in [9.17, 15) is 4.79 Å². The monoisotopic (exact) mass is 273 g/mol. The molecule has 0 spiro atoms. The lowest BCUT2D eigenvalue weighted by atomic mass is 10.1. The number of nitrogens with zero attached hydrogens (tertiary/aromatic N) is 2. The first-order chi connectivity index (χ1) is 7.22. The Morgan fingerprint density at radius 2 is 2.53 bits per heavy atom. The maximum Gasteiger partial charge on any atom is 0.267 e. The summed E-state index contributed by atoms with van der Waals surface area (Å²) in [6, 6.07) is 0. The molecule has 0 aliphatic carbocycles. The molecule has 0 bridgehead atoms. The SMILES string of the molecule is O=c1[nH]cnc(N2CCC(CO)C2)c1Br. The molecule has 2 N–H and O–H groups in total. The second kappa shape index (κ2) is 4.32. The molecule has 1 saturated heterocycles. The average Bonchev–Trinajstić information content (AvgIpc) is 2.70. The lowest BCUT2D eigenvalue weighted by molar-refractivity contribution is 0.238. The van der Waals surface area contributed by atoms with Gasteiger partial charge in [-0.25, -0.2) is 4.98 Å². The van der Waals surface area contributed by atoms with Crippen molar-refractivity contribution in [1.82, 2.24) is 9.97 Å². The predicted octanol–water partition coefficient (Wildman–Crippen LogP) is 0.351. The van der Waals surface area contributed by atoms with Crippen LogP contribution >= 0.6 is 15.9 Å². The highest BCUT2D eigenvalue weighted by Gasteiger charge is 2.24. The second-order valence-electron chi connectivity index (χ2n) is 3.65. The van der Waals surface area contributed by atoms with Gasteiger partial charge in [0.15, 0.2) is 0 Å². The lowest BCUT2D eigenvalue weighted by Crippen LogP contribution is -2.24. The van der Waals surface area contributed by atoms with Gasteiger partial charge in [-0.05, 0) is 22.4 Å². The fourth-order valence-electron chi connectivity index (χ4n) is 1.77. The standard InChI is InChI=1S/C9H12BrN3O2/c10-7-8(11-5-12-9(7)15)13-2-1-6(3-13)4-14/h5-6,14H,1-4H2,(H,11,12,15). The summed E-state index contributed by atoms with van der Waals surface area (Å²) in [5.74, 6) is 0.952. The van der Waals surface area contributed by atoms with Crippen molar-refractivity contribution < 1.29 is 5.11 Å². The van der Waals surface area contributed by atoms with Crippen LogP contribution in [0.25, 0.3) is 0 Å². The molecular weight excluding hydrogens is 262 g/mol. The van der Waals surface area contributed by atoms with Gasteiger partial charge in [0.2, 0.25) is 0 Å². The van der Waals surface area contributed by atoms with Gasteiger partial charge < -0.3 is 15.0 Å². The molecule has 1 aromatic rings. The Morgan fingerprint density at radius 3 is 3.20 bits per heavy atom. The average molecular weight is 274 g/mol. The van der Waals surface area contributed by atoms with Crippen LogP contribution in [-0.2, 0) is 0 Å². The van der Waals surface area contributed by atoms with Gasteiger partial charge in [-0.3, -0.25) is 4.79 Å². The molecule has 1 aliphatic rings. The third-order valence-electron chi connectivity index (χ3n) is 2.62. The minimum absolute atomic E-state index is 0.174. The maximum absolute atomic E-state index is 11.3. The third-order valence-corrected chi connectivity index (χ3v) is 3.34. The lowest BCUT2D eigenvalue weighted by Gasteiger charge is -2.17. The molecule has 1 aliphatic heterocycles. The van der Waals surface area contributed by atoms with Gasteiger partial charge in [0.1, 0.15) is 10.3 Å². The molecule has 1 unspecified atom stereocenters. The maximum atomic E-state index is 11.3. The van der Waals surface area contributed by atoms with Gasteiger partial charge in [-0.15, -0.1) is 0 Å². The van der Waals surface area contributed by atoms with E-state index in [1.807, 2.05) is 4.90 Å². The predicted molar refractivity (Wildman–Crippen MR) is 60.0 cm³/mol. The van der Waals surface area contributed by atoms with Crippen LogP contribution in [0.3, 0.4) is 0 Å². The second-order valence-corrected chi connectivity index (χ2v) is 4.45. The first kappa shape index (κ1) is 10.6. The molecule has 6 heteroatoms. The largest absolute Gasteiger partial charge is 0.396 e. The number of aromatic nitrogens is 2. The molecule has 0 amide bonds. The van der Waals surface area contributed by atoms with Gasteiger partial charge in [-0.2, -0.15) is 0 Å². The molecule has 2 heterocycles. The number of aliphatic hydroxyl groups is 1. The number of halogens is 1. The van der Waals surface area contributed by atoms with Crippen LogP contribution in [0.5, 0.6) is 0 Å². The van der Waals surface area contributed by atoms with Crippen LogP contribution in [0.2, 0.25) is 0 Å². The Morgan fingerprint density at radius 1 is 1.73 bits per heavy atom. The summed E-state index contributed by atoms with van der Waals surface area (Å²) in [6.45, 7) is 1.78. The first-order valence-electron chi connectivity index (χ1n) is 4.81. The summed E-state index contributed by atoms with van der Waals surface area (Å²) < 4.78 is 0.462. The van der Waals surface area contributed by atoms with Crippen molar-refractivity contribution in [3.05, 3.63) is 21.2 Å². The number of hydrogen-bond donors (Lipinski definition) is 2. The Kier molecular flexibility index (Phi) is 3.06. The number of rotatable bonds is 2. The smallest absolute Gasteiger partial charge is 0.267 e. The van der Waals surface area contributed by atoms with Crippen molar-refractivity contribution in [3.8, 4) is 0 Å². The molecule has 5 nitrogen and oxygen atoms in total. The van der Waals surface area contributed by atoms with E-state index < -0.39 is 0 Å². The van der Waals surface area contributed by atoms with Gasteiger partial charge >= 0.3 is 0 Å². The van der Waals surface area contributed by atoms with Crippen LogP contribution in [0.1, 0.15) is 6.42 Å². The van der Waals surface area contributed by atoms with Crippen molar-refractivity contribution >= 4 is 21.7 Å². The normalized spacial score (nSPS) is 20.9. The molecule has 2 rings (SSSR count). The highest BCUT2D eigenvalue weighted by atomic mass is 79.9. The van der Waals surface area contributed by atoms with Crippen LogP contribution < -0.4 is 10.5 Å². The summed E-state index contributed by atoms with van der Waals surface area (Å²) in [4.78, 5) is 20.0. The summed E-state index contributed by atoms with van der Waals surface area (Å²) >= 11 is 3.22. The quantitative estimate of drug-likeness (QED) is 0.816. The van der Waals surface area contributed by atoms with E-state index in [1.54, 1.807) is 0 Å². The van der Waals surface area contributed by atoms with Gasteiger partial charge in [-0.1, -0.05) is 0 Å². The van der Waals surface area contributed by atoms with Gasteiger partial charge in [0, 0.05) is 25.6 Å². The van der Waals surface area contributed by atoms with Gasteiger partial charge in [0.05, 0.1) is 6.33 Å². The van der Waals surface area contributed by atoms with E-state index in [-0.39, 0.29) is 18.1 Å². The van der Waals surface area contributed by atoms with Crippen molar-refractivity contribution in [2.45, 2.75) is 6.42 Å². The van der Waals surface area contributed by atoms with E-state index in [2.05, 4.69) is 25.9 Å². The van der Waals surface area contributed by atoms with E-state index >= 15 is 0 Å². The van der Waals surface area contributed by atoms with E-state index in [0.717, 1.165) is 19.5 Å². The topological polar surface area (TPSA) is 69.2 Å². The van der Waals surface area contributed by atoms with Crippen molar-refractivity contribution in [2.75, 3.05) is 24.6 Å². The molecular formula is C9H12BrN3O2. The van der Waals surface area contributed by atoms with Crippen molar-refractivity contribution in [1.29, 1.82) is 0 Å². The Bertz CT molecular complexity index is 407. The number of H-pyrrole nitrogens is 1. The summed E-state index contributed by atoms with van der Waals surface area (Å²) in [5.41, 5.74) is -0.174. The minimum Gasteiger partial charge on any atom is -0.396 e. The van der Waals surface area contributed by atoms with Crippen LogP contribution in [0, 0.1) is 5.92 Å². The Hall–Kier alpha value is -0.880. The Balaban J connectivity index is 2.24. The van der Waals surface area contributed by atoms with Crippen molar-refractivity contribution in [3.63, 3.8) is 0 Å². The fraction of sp³-hybridized carbons (Fsp3) is 0.556. The zero-order chi connectivity index (χ0) is 10.8. The molecule has 1 fully saturated rings. The Labute approximate surface area is 95.3 Å². The zero-order valence-electron chi connectivity index (χ0n) is 8.11. The number of hydrogen-bond acceptors (Lipinski definition) is 4. The summed E-state index contributed by atoms with van der Waals surface area (Å²) in [7, 11) is 0. The van der Waals surface area contributed by atoms with E-state index in [1.165, 1.54) is 6.33 Å². The summed E-state index contributed by atoms with van der Waals surface area (Å²) in [5, 5.41) is 9.03. The number of aliphatic hydroxyl groups excluding tert-OH is 1. The molecule has 15 heavy (non-hydrogen) atoms. The molecule has 0 radical (unpaired) electrons. The molecule has 0 saturated carbocycles. The zero-order valence-corrected chi connectivity index (χ0v) is 9.70. The highest BCUT2D eigenvalue weighted by Crippen LogP contribution is 2.25. The van der Waals surface area contributed by atoms with Crippen LogP contribution in [-0.4, -0.2) is 34.8 Å². The third kappa shape index (κ3) is 2.05. The number of anilines is 1.